The van der Waals surface area contributed by atoms with Gasteiger partial charge in [-0.1, -0.05) is 32.1 Å². The number of rotatable bonds is 8. The Morgan fingerprint density at radius 3 is 2.43 bits per heavy atom. The van der Waals surface area contributed by atoms with Crippen molar-refractivity contribution in [2.75, 3.05) is 32.5 Å². The average Bonchev–Trinajstić information content (AvgIpc) is 3.07. The maximum atomic E-state index is 13.1. The van der Waals surface area contributed by atoms with Crippen LogP contribution in [0.15, 0.2) is 23.1 Å². The molecule has 0 aromatic heterocycles. The fourth-order valence-electron chi connectivity index (χ4n) is 4.17. The Morgan fingerprint density at radius 1 is 1.10 bits per heavy atom. The number of thioether (sulfide) groups is 1. The molecule has 1 amide bonds. The van der Waals surface area contributed by atoms with Gasteiger partial charge in [0.05, 0.1) is 17.6 Å². The second kappa shape index (κ2) is 11.4. The molecule has 1 N–H and O–H groups in total. The average molecular weight is 455 g/mol. The Kier molecular flexibility index (Phi) is 8.89. The molecule has 2 fully saturated rings. The predicted molar refractivity (Wildman–Crippen MR) is 122 cm³/mol. The lowest BCUT2D eigenvalue weighted by molar-refractivity contribution is 0.0953. The van der Waals surface area contributed by atoms with Gasteiger partial charge in [0.1, 0.15) is 5.75 Å². The summed E-state index contributed by atoms with van der Waals surface area (Å²) in [5, 5.41) is 3.63. The molecule has 0 bridgehead atoms. The lowest BCUT2D eigenvalue weighted by Gasteiger charge is -2.21. The minimum Gasteiger partial charge on any atom is -0.496 e. The summed E-state index contributed by atoms with van der Waals surface area (Å²) in [7, 11) is -2.12. The third-order valence-corrected chi connectivity index (χ3v) is 9.19. The summed E-state index contributed by atoms with van der Waals surface area (Å²) in [4.78, 5) is 12.9. The van der Waals surface area contributed by atoms with Gasteiger partial charge in [-0.3, -0.25) is 4.79 Å². The summed E-state index contributed by atoms with van der Waals surface area (Å²) in [6, 6.07) is 4.58. The fourth-order valence-corrected chi connectivity index (χ4v) is 6.94. The standard InChI is InChI=1S/C22H34N2O4S2/c1-28-21-12-11-19(30(26,27)24-14-7-2-3-8-15-24)17-20(21)22(25)23-13-16-29-18-9-5-4-6-10-18/h11-12,17-18H,2-10,13-16H2,1H3,(H,23,25). The van der Waals surface area contributed by atoms with Crippen LogP contribution in [0.3, 0.4) is 0 Å². The number of benzene rings is 1. The zero-order chi connectivity index (χ0) is 21.4. The van der Waals surface area contributed by atoms with Crippen molar-refractivity contribution < 1.29 is 17.9 Å². The molecule has 3 rings (SSSR count). The summed E-state index contributed by atoms with van der Waals surface area (Å²) in [5.41, 5.74) is 0.274. The SMILES string of the molecule is COc1ccc(S(=O)(=O)N2CCCCCC2)cc1C(=O)NCCSC1CCCCC1. The second-order valence-electron chi connectivity index (χ2n) is 8.07. The predicted octanol–water partition coefficient (Wildman–Crippen LogP) is 4.06. The zero-order valence-electron chi connectivity index (χ0n) is 17.9. The number of hydrogen-bond acceptors (Lipinski definition) is 5. The maximum Gasteiger partial charge on any atom is 0.255 e. The van der Waals surface area contributed by atoms with Gasteiger partial charge in [-0.2, -0.15) is 16.1 Å². The Bertz CT molecular complexity index is 799. The molecule has 1 aromatic rings. The van der Waals surface area contributed by atoms with Gasteiger partial charge in [-0.25, -0.2) is 8.42 Å². The van der Waals surface area contributed by atoms with E-state index >= 15 is 0 Å². The van der Waals surface area contributed by atoms with Gasteiger partial charge in [0.25, 0.3) is 5.91 Å². The van der Waals surface area contributed by atoms with Crippen LogP contribution in [0.4, 0.5) is 0 Å². The Morgan fingerprint density at radius 2 is 1.77 bits per heavy atom. The summed E-state index contributed by atoms with van der Waals surface area (Å²) in [6.45, 7) is 1.63. The summed E-state index contributed by atoms with van der Waals surface area (Å²) >= 11 is 1.92. The molecule has 168 valence electrons. The van der Waals surface area contributed by atoms with E-state index < -0.39 is 10.0 Å². The number of carbonyl (C=O) groups excluding carboxylic acids is 1. The van der Waals surface area contributed by atoms with Gasteiger partial charge in [0.15, 0.2) is 0 Å². The van der Waals surface area contributed by atoms with Gasteiger partial charge < -0.3 is 10.1 Å². The topological polar surface area (TPSA) is 75.7 Å². The van der Waals surface area contributed by atoms with Crippen molar-refractivity contribution in [3.63, 3.8) is 0 Å². The summed E-state index contributed by atoms with van der Waals surface area (Å²) in [6.07, 6.45) is 10.3. The normalized spacial score (nSPS) is 19.2. The number of hydrogen-bond donors (Lipinski definition) is 1. The molecule has 1 saturated carbocycles. The molecular formula is C22H34N2O4S2. The van der Waals surface area contributed by atoms with Crippen LogP contribution in [0.5, 0.6) is 5.75 Å². The number of sulfonamides is 1. The van der Waals surface area contributed by atoms with Crippen molar-refractivity contribution >= 4 is 27.7 Å². The molecule has 0 atom stereocenters. The van der Waals surface area contributed by atoms with Crippen molar-refractivity contribution in [2.24, 2.45) is 0 Å². The first kappa shape index (κ1) is 23.4. The monoisotopic (exact) mass is 454 g/mol. The molecule has 6 nitrogen and oxygen atoms in total. The van der Waals surface area contributed by atoms with Gasteiger partial charge in [-0.05, 0) is 43.9 Å². The van der Waals surface area contributed by atoms with E-state index in [1.807, 2.05) is 11.8 Å². The first-order chi connectivity index (χ1) is 14.5. The van der Waals surface area contributed by atoms with E-state index in [4.69, 9.17) is 4.74 Å². The molecule has 8 heteroatoms. The van der Waals surface area contributed by atoms with Crippen LogP contribution >= 0.6 is 11.8 Å². The molecule has 1 aliphatic carbocycles. The lowest BCUT2D eigenvalue weighted by atomic mass is 10.0. The smallest absolute Gasteiger partial charge is 0.255 e. The summed E-state index contributed by atoms with van der Waals surface area (Å²) < 4.78 is 33.1. The lowest BCUT2D eigenvalue weighted by Crippen LogP contribution is -2.32. The first-order valence-corrected chi connectivity index (χ1v) is 13.6. The quantitative estimate of drug-likeness (QED) is 0.600. The third-order valence-electron chi connectivity index (χ3n) is 5.91. The van der Waals surface area contributed by atoms with Crippen LogP contribution in [0.1, 0.15) is 68.1 Å². The van der Waals surface area contributed by atoms with Crippen LogP contribution in [0.25, 0.3) is 0 Å². The number of ether oxygens (including phenoxy) is 1. The molecule has 0 radical (unpaired) electrons. The number of amides is 1. The number of carbonyl (C=O) groups is 1. The van der Waals surface area contributed by atoms with Crippen LogP contribution in [-0.2, 0) is 10.0 Å². The molecule has 0 spiro atoms. The van der Waals surface area contributed by atoms with Crippen LogP contribution in [-0.4, -0.2) is 56.4 Å². The molecule has 1 aromatic carbocycles. The van der Waals surface area contributed by atoms with Gasteiger partial charge in [0, 0.05) is 30.6 Å². The summed E-state index contributed by atoms with van der Waals surface area (Å²) in [5.74, 6) is 0.969. The van der Waals surface area contributed by atoms with E-state index in [-0.39, 0.29) is 16.4 Å². The van der Waals surface area contributed by atoms with Crippen molar-refractivity contribution in [1.82, 2.24) is 9.62 Å². The molecule has 1 heterocycles. The van der Waals surface area contributed by atoms with E-state index in [0.717, 1.165) is 31.4 Å². The molecule has 0 unspecified atom stereocenters. The number of nitrogens with one attached hydrogen (secondary N) is 1. The molecule has 2 aliphatic rings. The van der Waals surface area contributed by atoms with Crippen molar-refractivity contribution in [3.8, 4) is 5.75 Å². The van der Waals surface area contributed by atoms with Gasteiger partial charge in [0.2, 0.25) is 10.0 Å². The zero-order valence-corrected chi connectivity index (χ0v) is 19.5. The largest absolute Gasteiger partial charge is 0.496 e. The van der Waals surface area contributed by atoms with E-state index in [1.54, 1.807) is 10.4 Å². The Balaban J connectivity index is 1.65. The highest BCUT2D eigenvalue weighted by atomic mass is 32.2. The number of methoxy groups -OCH3 is 1. The molecule has 1 aliphatic heterocycles. The van der Waals surface area contributed by atoms with E-state index in [0.29, 0.717) is 30.6 Å². The van der Waals surface area contributed by atoms with Crippen LogP contribution in [0.2, 0.25) is 0 Å². The van der Waals surface area contributed by atoms with Crippen LogP contribution in [0, 0.1) is 0 Å². The van der Waals surface area contributed by atoms with Gasteiger partial charge in [-0.15, -0.1) is 0 Å². The van der Waals surface area contributed by atoms with Gasteiger partial charge >= 0.3 is 0 Å². The molecular weight excluding hydrogens is 420 g/mol. The first-order valence-electron chi connectivity index (χ1n) is 11.1. The van der Waals surface area contributed by atoms with Crippen molar-refractivity contribution in [1.29, 1.82) is 0 Å². The third kappa shape index (κ3) is 6.14. The van der Waals surface area contributed by atoms with Crippen molar-refractivity contribution in [2.45, 2.75) is 67.9 Å². The highest BCUT2D eigenvalue weighted by Crippen LogP contribution is 2.28. The maximum absolute atomic E-state index is 13.1. The Hall–Kier alpha value is -1.25. The fraction of sp³-hybridized carbons (Fsp3) is 0.682. The highest BCUT2D eigenvalue weighted by molar-refractivity contribution is 7.99. The molecule has 30 heavy (non-hydrogen) atoms. The number of nitrogens with zero attached hydrogens (tertiary/aromatic N) is 1. The van der Waals surface area contributed by atoms with E-state index in [9.17, 15) is 13.2 Å². The molecule has 1 saturated heterocycles. The second-order valence-corrected chi connectivity index (χ2v) is 11.4. The van der Waals surface area contributed by atoms with Crippen molar-refractivity contribution in [3.05, 3.63) is 23.8 Å². The van der Waals surface area contributed by atoms with Crippen LogP contribution < -0.4 is 10.1 Å². The minimum atomic E-state index is -3.61. The minimum absolute atomic E-state index is 0.159. The van der Waals surface area contributed by atoms with E-state index in [1.165, 1.54) is 51.3 Å². The highest BCUT2D eigenvalue weighted by Gasteiger charge is 2.27. The Labute approximate surface area is 185 Å². The van der Waals surface area contributed by atoms with E-state index in [2.05, 4.69) is 5.32 Å².